The Balaban J connectivity index is 2.36. The molecule has 90 valence electrons. The minimum atomic E-state index is 0.651. The lowest BCUT2D eigenvalue weighted by molar-refractivity contribution is -0.930. The van der Waals surface area contributed by atoms with E-state index in [1.165, 1.54) is 30.1 Å². The first-order chi connectivity index (χ1) is 7.59. The zero-order valence-electron chi connectivity index (χ0n) is 11.1. The molecule has 1 aromatic rings. The van der Waals surface area contributed by atoms with Gasteiger partial charge in [0.25, 0.3) is 0 Å². The quantitative estimate of drug-likeness (QED) is 0.639. The zero-order chi connectivity index (χ0) is 12.0. The first-order valence-corrected chi connectivity index (χ1v) is 6.25. The molecule has 0 amide bonds. The second-order valence-corrected chi connectivity index (χ2v) is 5.18. The third-order valence-electron chi connectivity index (χ3n) is 3.08. The van der Waals surface area contributed by atoms with Crippen LogP contribution in [0.1, 0.15) is 18.4 Å². The van der Waals surface area contributed by atoms with E-state index in [9.17, 15) is 0 Å². The van der Waals surface area contributed by atoms with Gasteiger partial charge in [-0.3, -0.25) is 0 Å². The van der Waals surface area contributed by atoms with Crippen molar-refractivity contribution in [2.45, 2.75) is 12.8 Å². The van der Waals surface area contributed by atoms with Crippen LogP contribution in [-0.2, 0) is 0 Å². The van der Waals surface area contributed by atoms with Gasteiger partial charge in [0.05, 0.1) is 27.7 Å². The monoisotopic (exact) mass is 222 g/mol. The van der Waals surface area contributed by atoms with E-state index in [2.05, 4.69) is 58.4 Å². The molecule has 0 aliphatic rings. The number of benzene rings is 1. The van der Waals surface area contributed by atoms with Crippen LogP contribution in [0, 0.1) is 0 Å². The highest BCUT2D eigenvalue weighted by atomic mass is 15.1. The lowest BCUT2D eigenvalue weighted by Gasteiger charge is -2.19. The van der Waals surface area contributed by atoms with Crippen LogP contribution in [-0.4, -0.2) is 40.8 Å². The van der Waals surface area contributed by atoms with E-state index < -0.39 is 0 Å². The van der Waals surface area contributed by atoms with Gasteiger partial charge in [-0.05, 0) is 5.56 Å². The van der Waals surface area contributed by atoms with Crippen molar-refractivity contribution in [3.63, 3.8) is 0 Å². The fourth-order valence-corrected chi connectivity index (χ4v) is 1.99. The minimum absolute atomic E-state index is 0.651. The van der Waals surface area contributed by atoms with E-state index in [1.807, 2.05) is 0 Å². The number of hydrogen-bond acceptors (Lipinski definition) is 0. The van der Waals surface area contributed by atoms with Crippen LogP contribution in [0.5, 0.6) is 0 Å². The fraction of sp³-hybridized carbons (Fsp3) is 0.571. The molecule has 1 unspecified atom stereocenters. The average Bonchev–Trinajstić information content (AvgIpc) is 2.27. The summed E-state index contributed by atoms with van der Waals surface area (Å²) in [5.74, 6) is 0.651. The Kier molecular flexibility index (Phi) is 5.50. The lowest BCUT2D eigenvalue weighted by atomic mass is 10.0. The molecule has 0 radical (unpaired) electrons. The van der Waals surface area contributed by atoms with E-state index in [4.69, 9.17) is 0 Å². The van der Waals surface area contributed by atoms with Crippen molar-refractivity contribution >= 4 is 0 Å². The van der Waals surface area contributed by atoms with Crippen LogP contribution in [0.15, 0.2) is 30.3 Å². The lowest BCUT2D eigenvalue weighted by Crippen LogP contribution is -3.16. The van der Waals surface area contributed by atoms with Gasteiger partial charge in [-0.25, -0.2) is 0 Å². The van der Waals surface area contributed by atoms with Gasteiger partial charge in [-0.15, -0.1) is 0 Å². The highest BCUT2D eigenvalue weighted by molar-refractivity contribution is 5.18. The summed E-state index contributed by atoms with van der Waals surface area (Å²) in [4.78, 5) is 3.16. The van der Waals surface area contributed by atoms with E-state index >= 15 is 0 Å². The molecule has 0 aromatic heterocycles. The van der Waals surface area contributed by atoms with Crippen molar-refractivity contribution in [1.82, 2.24) is 0 Å². The molecule has 2 atom stereocenters. The van der Waals surface area contributed by atoms with E-state index in [0.29, 0.717) is 5.92 Å². The van der Waals surface area contributed by atoms with Crippen molar-refractivity contribution in [2.24, 2.45) is 0 Å². The smallest absolute Gasteiger partial charge is 0.127 e. The average molecular weight is 222 g/mol. The molecule has 0 aliphatic heterocycles. The van der Waals surface area contributed by atoms with E-state index in [0.717, 1.165) is 0 Å². The fourth-order valence-electron chi connectivity index (χ4n) is 1.99. The number of hydrogen-bond donors (Lipinski definition) is 2. The Morgan fingerprint density at radius 1 is 1.00 bits per heavy atom. The summed E-state index contributed by atoms with van der Waals surface area (Å²) in [5.41, 5.74) is 1.46. The highest BCUT2D eigenvalue weighted by Crippen LogP contribution is 2.11. The number of quaternary nitrogens is 2. The summed E-state index contributed by atoms with van der Waals surface area (Å²) in [6, 6.07) is 10.8. The Labute approximate surface area is 99.9 Å². The van der Waals surface area contributed by atoms with Gasteiger partial charge in [0.15, 0.2) is 0 Å². The Bertz CT molecular complexity index is 282. The molecule has 2 N–H and O–H groups in total. The third kappa shape index (κ3) is 4.77. The Morgan fingerprint density at radius 2 is 1.62 bits per heavy atom. The van der Waals surface area contributed by atoms with Gasteiger partial charge >= 0.3 is 0 Å². The highest BCUT2D eigenvalue weighted by Gasteiger charge is 2.11. The molecule has 16 heavy (non-hydrogen) atoms. The first-order valence-electron chi connectivity index (χ1n) is 6.25. The molecule has 0 saturated heterocycles. The van der Waals surface area contributed by atoms with Crippen LogP contribution >= 0.6 is 0 Å². The molecule has 1 aromatic carbocycles. The van der Waals surface area contributed by atoms with Crippen molar-refractivity contribution in [1.29, 1.82) is 0 Å². The zero-order valence-corrected chi connectivity index (χ0v) is 11.1. The van der Waals surface area contributed by atoms with E-state index in [-0.39, 0.29) is 0 Å². The molecule has 2 heteroatoms. The van der Waals surface area contributed by atoms with Crippen LogP contribution in [0.2, 0.25) is 0 Å². The predicted molar refractivity (Wildman–Crippen MR) is 69.2 cm³/mol. The Morgan fingerprint density at radius 3 is 2.19 bits per heavy atom. The van der Waals surface area contributed by atoms with Crippen LogP contribution in [0.3, 0.4) is 0 Å². The molecule has 2 nitrogen and oxygen atoms in total. The summed E-state index contributed by atoms with van der Waals surface area (Å²) in [6.45, 7) is 6.03. The summed E-state index contributed by atoms with van der Waals surface area (Å²) in [5, 5.41) is 0. The maximum Gasteiger partial charge on any atom is 0.127 e. The van der Waals surface area contributed by atoms with Gasteiger partial charge in [0.2, 0.25) is 0 Å². The summed E-state index contributed by atoms with van der Waals surface area (Å²) >= 11 is 0. The second kappa shape index (κ2) is 6.66. The van der Waals surface area contributed by atoms with Crippen LogP contribution in [0.4, 0.5) is 0 Å². The van der Waals surface area contributed by atoms with Gasteiger partial charge in [0.1, 0.15) is 13.1 Å². The van der Waals surface area contributed by atoms with Gasteiger partial charge in [-0.1, -0.05) is 37.3 Å². The number of likely N-dealkylation sites (N-methyl/N-ethyl adjacent to an activating group) is 2. The van der Waals surface area contributed by atoms with Crippen LogP contribution in [0.25, 0.3) is 0 Å². The number of rotatable bonds is 6. The normalized spacial score (nSPS) is 15.1. The third-order valence-corrected chi connectivity index (χ3v) is 3.08. The molecular weight excluding hydrogens is 196 g/mol. The maximum absolute atomic E-state index is 2.32. The van der Waals surface area contributed by atoms with E-state index in [1.54, 1.807) is 4.90 Å². The molecule has 1 rings (SSSR count). The SMILES string of the molecule is C[C@@H](C[NH+](C)CC[NH+](C)C)c1ccccc1. The number of nitrogens with one attached hydrogen (secondary N) is 2. The summed E-state index contributed by atoms with van der Waals surface area (Å²) in [6.07, 6.45) is 0. The molecule has 0 bridgehead atoms. The van der Waals surface area contributed by atoms with Crippen molar-refractivity contribution < 1.29 is 9.80 Å². The molecule has 0 fully saturated rings. The first kappa shape index (κ1) is 13.2. The van der Waals surface area contributed by atoms with Gasteiger partial charge in [0, 0.05) is 5.92 Å². The maximum atomic E-state index is 2.32. The summed E-state index contributed by atoms with van der Waals surface area (Å²) in [7, 11) is 6.73. The van der Waals surface area contributed by atoms with Crippen molar-refractivity contribution in [3.05, 3.63) is 35.9 Å². The summed E-state index contributed by atoms with van der Waals surface area (Å²) < 4.78 is 0. The molecular formula is C14H26N2+2. The minimum Gasteiger partial charge on any atom is -0.335 e. The second-order valence-electron chi connectivity index (χ2n) is 5.18. The Hall–Kier alpha value is -0.860. The van der Waals surface area contributed by atoms with Gasteiger partial charge < -0.3 is 9.80 Å². The molecule has 0 heterocycles. The molecule has 0 aliphatic carbocycles. The molecule has 0 saturated carbocycles. The van der Waals surface area contributed by atoms with Gasteiger partial charge in [-0.2, -0.15) is 0 Å². The standard InChI is InChI=1S/C14H24N2/c1-13(14-8-6-5-7-9-14)12-16(4)11-10-15(2)3/h5-9,13H,10-12H2,1-4H3/p+2/t13-/m0/s1. The van der Waals surface area contributed by atoms with Crippen molar-refractivity contribution in [3.8, 4) is 0 Å². The van der Waals surface area contributed by atoms with Crippen LogP contribution < -0.4 is 9.80 Å². The topological polar surface area (TPSA) is 8.88 Å². The molecule has 0 spiro atoms. The van der Waals surface area contributed by atoms with Crippen molar-refractivity contribution in [2.75, 3.05) is 40.8 Å². The predicted octanol–water partition coefficient (Wildman–Crippen LogP) is -0.551. The largest absolute Gasteiger partial charge is 0.335 e.